The molecule has 21 heavy (non-hydrogen) atoms. The van der Waals surface area contributed by atoms with Crippen LogP contribution in [0.15, 0.2) is 42.5 Å². The summed E-state index contributed by atoms with van der Waals surface area (Å²) >= 11 is 0. The predicted octanol–water partition coefficient (Wildman–Crippen LogP) is 3.00. The van der Waals surface area contributed by atoms with Crippen LogP contribution in [0, 0.1) is 11.3 Å². The van der Waals surface area contributed by atoms with E-state index >= 15 is 0 Å². The van der Waals surface area contributed by atoms with Crippen LogP contribution in [-0.4, -0.2) is 20.0 Å². The van der Waals surface area contributed by atoms with Crippen molar-refractivity contribution in [2.75, 3.05) is 14.2 Å². The van der Waals surface area contributed by atoms with Crippen LogP contribution in [0.4, 0.5) is 0 Å². The summed E-state index contributed by atoms with van der Waals surface area (Å²) in [5.74, 6) is 0.647. The molecule has 0 aliphatic rings. The van der Waals surface area contributed by atoms with Gasteiger partial charge in [0.1, 0.15) is 0 Å². The van der Waals surface area contributed by atoms with Gasteiger partial charge in [-0.1, -0.05) is 36.4 Å². The molecular formula is C17H15NO3. The second kappa shape index (κ2) is 6.58. The van der Waals surface area contributed by atoms with Crippen LogP contribution in [0.2, 0.25) is 0 Å². The van der Waals surface area contributed by atoms with Gasteiger partial charge < -0.3 is 9.47 Å². The molecule has 0 N–H and O–H groups in total. The van der Waals surface area contributed by atoms with Gasteiger partial charge in [-0.15, -0.1) is 0 Å². The van der Waals surface area contributed by atoms with Crippen molar-refractivity contribution in [1.29, 1.82) is 5.26 Å². The van der Waals surface area contributed by atoms with E-state index in [-0.39, 0.29) is 12.2 Å². The monoisotopic (exact) mass is 281 g/mol. The van der Waals surface area contributed by atoms with Crippen LogP contribution in [0.25, 0.3) is 0 Å². The summed E-state index contributed by atoms with van der Waals surface area (Å²) in [5.41, 5.74) is 1.55. The molecule has 0 atom stereocenters. The van der Waals surface area contributed by atoms with E-state index in [1.807, 2.05) is 6.07 Å². The first-order valence-electron chi connectivity index (χ1n) is 6.43. The molecule has 0 fully saturated rings. The van der Waals surface area contributed by atoms with E-state index in [0.717, 1.165) is 0 Å². The van der Waals surface area contributed by atoms with E-state index in [1.54, 1.807) is 36.4 Å². The smallest absolute Gasteiger partial charge is 0.197 e. The number of ether oxygens (including phenoxy) is 2. The van der Waals surface area contributed by atoms with Gasteiger partial charge in [0.05, 0.1) is 32.3 Å². The first-order valence-corrected chi connectivity index (χ1v) is 6.43. The van der Waals surface area contributed by atoms with Crippen molar-refractivity contribution in [3.8, 4) is 17.6 Å². The largest absolute Gasteiger partial charge is 0.493 e. The van der Waals surface area contributed by atoms with Gasteiger partial charge in [0.15, 0.2) is 17.3 Å². The molecule has 0 saturated carbocycles. The van der Waals surface area contributed by atoms with Crippen molar-refractivity contribution in [1.82, 2.24) is 0 Å². The van der Waals surface area contributed by atoms with Crippen LogP contribution in [0.1, 0.15) is 21.5 Å². The van der Waals surface area contributed by atoms with E-state index in [9.17, 15) is 4.79 Å². The average molecular weight is 281 g/mol. The third kappa shape index (κ3) is 2.87. The number of hydrogen-bond donors (Lipinski definition) is 0. The molecule has 0 aliphatic carbocycles. The van der Waals surface area contributed by atoms with E-state index < -0.39 is 0 Å². The third-order valence-electron chi connectivity index (χ3n) is 3.16. The maximum atomic E-state index is 12.7. The lowest BCUT2D eigenvalue weighted by Crippen LogP contribution is -2.09. The molecule has 0 amide bonds. The molecule has 0 radical (unpaired) electrons. The quantitative estimate of drug-likeness (QED) is 0.790. The Labute approximate surface area is 123 Å². The lowest BCUT2D eigenvalue weighted by atomic mass is 9.95. The fourth-order valence-electron chi connectivity index (χ4n) is 2.18. The number of carbonyl (C=O) groups excluding carboxylic acids is 1. The Bertz CT molecular complexity index is 687. The number of carbonyl (C=O) groups is 1. The first kappa shape index (κ1) is 14.6. The Balaban J connectivity index is 2.64. The maximum Gasteiger partial charge on any atom is 0.197 e. The summed E-state index contributed by atoms with van der Waals surface area (Å²) in [5, 5.41) is 8.95. The fraction of sp³-hybridized carbons (Fsp3) is 0.176. The molecule has 0 spiro atoms. The van der Waals surface area contributed by atoms with Gasteiger partial charge >= 0.3 is 0 Å². The summed E-state index contributed by atoms with van der Waals surface area (Å²) in [7, 11) is 2.99. The van der Waals surface area contributed by atoms with E-state index in [0.29, 0.717) is 28.2 Å². The molecule has 0 unspecified atom stereocenters. The third-order valence-corrected chi connectivity index (χ3v) is 3.16. The summed E-state index contributed by atoms with van der Waals surface area (Å²) in [6.07, 6.45) is 0.133. The van der Waals surface area contributed by atoms with Crippen LogP contribution in [0.3, 0.4) is 0 Å². The SMILES string of the molecule is COc1ccc(CC#N)c(C(=O)c2ccccc2)c1OC. The zero-order valence-corrected chi connectivity index (χ0v) is 11.9. The van der Waals surface area contributed by atoms with Gasteiger partial charge in [-0.25, -0.2) is 0 Å². The highest BCUT2D eigenvalue weighted by atomic mass is 16.5. The van der Waals surface area contributed by atoms with Crippen molar-refractivity contribution in [3.63, 3.8) is 0 Å². The van der Waals surface area contributed by atoms with E-state index in [4.69, 9.17) is 14.7 Å². The Morgan fingerprint density at radius 3 is 2.38 bits per heavy atom. The standard InChI is InChI=1S/C17H15NO3/c1-20-14-9-8-12(10-11-18)15(17(14)21-2)16(19)13-6-4-3-5-7-13/h3-9H,10H2,1-2H3. The lowest BCUT2D eigenvalue weighted by molar-refractivity contribution is 0.103. The van der Waals surface area contributed by atoms with Crippen molar-refractivity contribution in [3.05, 3.63) is 59.2 Å². The number of hydrogen-bond acceptors (Lipinski definition) is 4. The predicted molar refractivity (Wildman–Crippen MR) is 78.7 cm³/mol. The zero-order chi connectivity index (χ0) is 15.2. The molecular weight excluding hydrogens is 266 g/mol. The van der Waals surface area contributed by atoms with Crippen LogP contribution in [0.5, 0.6) is 11.5 Å². The fourth-order valence-corrected chi connectivity index (χ4v) is 2.18. The number of nitriles is 1. The molecule has 106 valence electrons. The van der Waals surface area contributed by atoms with Gasteiger partial charge in [-0.05, 0) is 11.6 Å². The van der Waals surface area contributed by atoms with Gasteiger partial charge in [-0.2, -0.15) is 5.26 Å². The molecule has 0 heterocycles. The number of nitrogens with zero attached hydrogens (tertiary/aromatic N) is 1. The van der Waals surface area contributed by atoms with Crippen molar-refractivity contribution in [2.24, 2.45) is 0 Å². The number of benzene rings is 2. The van der Waals surface area contributed by atoms with Crippen molar-refractivity contribution < 1.29 is 14.3 Å². The van der Waals surface area contributed by atoms with Crippen LogP contribution < -0.4 is 9.47 Å². The highest BCUT2D eigenvalue weighted by molar-refractivity contribution is 6.12. The number of ketones is 1. The molecule has 4 nitrogen and oxygen atoms in total. The molecule has 2 aromatic rings. The molecule has 0 aromatic heterocycles. The van der Waals surface area contributed by atoms with Gasteiger partial charge in [0, 0.05) is 5.56 Å². The molecule has 2 rings (SSSR count). The Morgan fingerprint density at radius 2 is 1.81 bits per heavy atom. The van der Waals surface area contributed by atoms with Crippen LogP contribution in [-0.2, 0) is 6.42 Å². The van der Waals surface area contributed by atoms with Crippen molar-refractivity contribution >= 4 is 5.78 Å². The summed E-state index contributed by atoms with van der Waals surface area (Å²) in [6.45, 7) is 0. The topological polar surface area (TPSA) is 59.3 Å². The first-order chi connectivity index (χ1) is 10.2. The highest BCUT2D eigenvalue weighted by Gasteiger charge is 2.22. The number of methoxy groups -OCH3 is 2. The van der Waals surface area contributed by atoms with Gasteiger partial charge in [0.2, 0.25) is 0 Å². The Kier molecular flexibility index (Phi) is 4.57. The Morgan fingerprint density at radius 1 is 1.10 bits per heavy atom. The highest BCUT2D eigenvalue weighted by Crippen LogP contribution is 2.35. The summed E-state index contributed by atoms with van der Waals surface area (Å²) < 4.78 is 10.6. The molecule has 0 bridgehead atoms. The zero-order valence-electron chi connectivity index (χ0n) is 11.9. The Hall–Kier alpha value is -2.80. The van der Waals surface area contributed by atoms with Gasteiger partial charge in [0.25, 0.3) is 0 Å². The van der Waals surface area contributed by atoms with Crippen LogP contribution >= 0.6 is 0 Å². The molecule has 0 aliphatic heterocycles. The van der Waals surface area contributed by atoms with Crippen molar-refractivity contribution in [2.45, 2.75) is 6.42 Å². The second-order valence-electron chi connectivity index (χ2n) is 4.37. The molecule has 0 saturated heterocycles. The molecule has 4 heteroatoms. The summed E-state index contributed by atoms with van der Waals surface area (Å²) in [6, 6.07) is 14.4. The normalized spacial score (nSPS) is 9.76. The summed E-state index contributed by atoms with van der Waals surface area (Å²) in [4.78, 5) is 12.7. The number of rotatable bonds is 5. The maximum absolute atomic E-state index is 12.7. The molecule has 2 aromatic carbocycles. The van der Waals surface area contributed by atoms with E-state index in [2.05, 4.69) is 6.07 Å². The lowest BCUT2D eigenvalue weighted by Gasteiger charge is -2.15. The second-order valence-corrected chi connectivity index (χ2v) is 4.37. The minimum absolute atomic E-state index is 0.133. The average Bonchev–Trinajstić information content (AvgIpc) is 2.54. The van der Waals surface area contributed by atoms with Gasteiger partial charge in [-0.3, -0.25) is 4.79 Å². The minimum Gasteiger partial charge on any atom is -0.493 e. The van der Waals surface area contributed by atoms with E-state index in [1.165, 1.54) is 14.2 Å². The minimum atomic E-state index is -0.184.